The molecular formula is C44H41FIrN4OSi-2. The molecule has 0 aliphatic rings. The average Bonchev–Trinajstić information content (AvgIpc) is 3.68. The Bertz CT molecular complexity index is 2510. The molecule has 52 heavy (non-hydrogen) atoms. The van der Waals surface area contributed by atoms with E-state index in [4.69, 9.17) is 9.40 Å². The molecule has 265 valence electrons. The number of benzene rings is 4. The van der Waals surface area contributed by atoms with E-state index in [1.165, 1.54) is 16.8 Å². The van der Waals surface area contributed by atoms with Crippen LogP contribution in [0.3, 0.4) is 0 Å². The third kappa shape index (κ3) is 7.03. The Morgan fingerprint density at radius 3 is 2.23 bits per heavy atom. The van der Waals surface area contributed by atoms with Crippen molar-refractivity contribution in [1.82, 2.24) is 19.5 Å². The van der Waals surface area contributed by atoms with E-state index in [9.17, 15) is 0 Å². The van der Waals surface area contributed by atoms with E-state index in [1.54, 1.807) is 0 Å². The van der Waals surface area contributed by atoms with Crippen LogP contribution in [0.15, 0.2) is 102 Å². The van der Waals surface area contributed by atoms with Gasteiger partial charge in [-0.3, -0.25) is 9.37 Å². The zero-order valence-corrected chi connectivity index (χ0v) is 34.1. The molecule has 0 bridgehead atoms. The number of aryl methyl sites for hydroxylation is 3. The maximum Gasteiger partial charge on any atom is 0.216 e. The van der Waals surface area contributed by atoms with Crippen LogP contribution in [0.5, 0.6) is 0 Å². The summed E-state index contributed by atoms with van der Waals surface area (Å²) in [5.74, 6) is 0.515. The fourth-order valence-corrected chi connectivity index (χ4v) is 7.70. The molecule has 0 saturated heterocycles. The maximum absolute atomic E-state index is 15.2. The normalized spacial score (nSPS) is 11.6. The van der Waals surface area contributed by atoms with Crippen molar-refractivity contribution in [2.45, 2.75) is 60.2 Å². The van der Waals surface area contributed by atoms with Crippen LogP contribution in [0.1, 0.15) is 42.1 Å². The Labute approximate surface area is 319 Å². The van der Waals surface area contributed by atoms with Crippen molar-refractivity contribution in [3.8, 4) is 28.3 Å². The van der Waals surface area contributed by atoms with Gasteiger partial charge >= 0.3 is 0 Å². The van der Waals surface area contributed by atoms with Crippen LogP contribution in [0.2, 0.25) is 19.6 Å². The van der Waals surface area contributed by atoms with E-state index in [2.05, 4.69) is 111 Å². The standard InChI is InChI=1S/C30H25FN3O.C14H16NSi.Ir/c1-16(2)23-13-11-20-26-22(31)12-10-21(28(26)35-30(20)33-23)29-32-24-8-6-7-9-25(24)34(29)27-18(4)14-17(3)15-19(27)5;1-16(2,3)13-9-10-14(15-11-13)12-7-5-4-6-8-12;/h6-9,11-16H,1-5H3;4-7,9-11H,1-3H3;/q2*-1;. The van der Waals surface area contributed by atoms with Gasteiger partial charge < -0.3 is 14.0 Å². The van der Waals surface area contributed by atoms with Gasteiger partial charge in [0.1, 0.15) is 0 Å². The van der Waals surface area contributed by atoms with Gasteiger partial charge in [-0.2, -0.15) is 0 Å². The minimum atomic E-state index is -1.23. The van der Waals surface area contributed by atoms with Gasteiger partial charge in [0.15, 0.2) is 0 Å². The Balaban J connectivity index is 0.000000230. The van der Waals surface area contributed by atoms with Crippen molar-refractivity contribution >= 4 is 46.4 Å². The Hall–Kier alpha value is -4.75. The molecule has 0 amide bonds. The topological polar surface area (TPSA) is 56.7 Å². The zero-order valence-electron chi connectivity index (χ0n) is 30.7. The summed E-state index contributed by atoms with van der Waals surface area (Å²) < 4.78 is 23.5. The van der Waals surface area contributed by atoms with Gasteiger partial charge in [0.05, 0.1) is 30.5 Å². The molecule has 4 heterocycles. The van der Waals surface area contributed by atoms with Gasteiger partial charge in [0, 0.05) is 48.9 Å². The van der Waals surface area contributed by atoms with Gasteiger partial charge in [-0.15, -0.1) is 48.0 Å². The summed E-state index contributed by atoms with van der Waals surface area (Å²) in [6, 6.07) is 36.1. The van der Waals surface area contributed by atoms with Crippen LogP contribution in [-0.4, -0.2) is 27.6 Å². The molecule has 0 fully saturated rings. The number of furan rings is 1. The first-order chi connectivity index (χ1) is 24.4. The molecule has 8 heteroatoms. The summed E-state index contributed by atoms with van der Waals surface area (Å²) in [6.45, 7) is 17.5. The number of para-hydroxylation sites is 2. The molecule has 4 aromatic heterocycles. The molecule has 5 nitrogen and oxygen atoms in total. The molecule has 0 atom stereocenters. The average molecular weight is 881 g/mol. The monoisotopic (exact) mass is 881 g/mol. The smallest absolute Gasteiger partial charge is 0.216 e. The summed E-state index contributed by atoms with van der Waals surface area (Å²) in [7, 11) is -1.23. The fraction of sp³-hybridized carbons (Fsp3) is 0.205. The second kappa shape index (κ2) is 14.7. The van der Waals surface area contributed by atoms with Crippen LogP contribution in [0, 0.1) is 38.7 Å². The first-order valence-electron chi connectivity index (χ1n) is 17.3. The Kier molecular flexibility index (Phi) is 10.5. The molecule has 8 rings (SSSR count). The van der Waals surface area contributed by atoms with Gasteiger partial charge in [-0.1, -0.05) is 81.0 Å². The number of hydrogen-bond acceptors (Lipinski definition) is 4. The van der Waals surface area contributed by atoms with Crippen LogP contribution < -0.4 is 5.19 Å². The SMILES string of the molecule is C[Si](C)(C)c1ccc(-c2[c-]cccc2)nc1.Cc1cc(C)c(-n2c(-c3[c-]cc(F)c4c3oc3nc(C(C)C)ccc34)nc3ccccc32)c(C)c1.[Ir]. The van der Waals surface area contributed by atoms with Crippen molar-refractivity contribution < 1.29 is 28.9 Å². The van der Waals surface area contributed by atoms with Gasteiger partial charge in [0.2, 0.25) is 5.71 Å². The second-order valence-electron chi connectivity index (χ2n) is 14.5. The number of pyridine rings is 2. The fourth-order valence-electron chi connectivity index (χ4n) is 6.66. The van der Waals surface area contributed by atoms with Gasteiger partial charge in [0.25, 0.3) is 0 Å². The summed E-state index contributed by atoms with van der Waals surface area (Å²) in [5.41, 5.74) is 10.8. The van der Waals surface area contributed by atoms with Crippen LogP contribution in [-0.2, 0) is 20.1 Å². The van der Waals surface area contributed by atoms with E-state index < -0.39 is 8.07 Å². The van der Waals surface area contributed by atoms with E-state index in [0.29, 0.717) is 33.5 Å². The van der Waals surface area contributed by atoms with E-state index in [1.807, 2.05) is 60.8 Å². The second-order valence-corrected chi connectivity index (χ2v) is 19.6. The predicted octanol–water partition coefficient (Wildman–Crippen LogP) is 11.1. The number of fused-ring (bicyclic) bond motifs is 4. The largest absolute Gasteiger partial charge is 0.486 e. The molecule has 1 radical (unpaired) electrons. The third-order valence-corrected chi connectivity index (χ3v) is 11.3. The van der Waals surface area contributed by atoms with E-state index in [0.717, 1.165) is 44.8 Å². The number of aromatic nitrogens is 4. The van der Waals surface area contributed by atoms with Crippen LogP contribution in [0.4, 0.5) is 4.39 Å². The van der Waals surface area contributed by atoms with Crippen LogP contribution in [0.25, 0.3) is 61.4 Å². The third-order valence-electron chi connectivity index (χ3n) is 9.24. The van der Waals surface area contributed by atoms with Gasteiger partial charge in [-0.25, -0.2) is 4.98 Å². The zero-order chi connectivity index (χ0) is 36.0. The molecule has 0 spiro atoms. The Morgan fingerprint density at radius 2 is 1.58 bits per heavy atom. The van der Waals surface area contributed by atoms with Crippen molar-refractivity contribution in [2.75, 3.05) is 0 Å². The molecule has 0 aliphatic carbocycles. The Morgan fingerprint density at radius 1 is 0.846 bits per heavy atom. The maximum atomic E-state index is 15.2. The number of rotatable bonds is 5. The first kappa shape index (κ1) is 37.0. The van der Waals surface area contributed by atoms with Crippen molar-refractivity contribution in [3.63, 3.8) is 0 Å². The number of nitrogens with zero attached hydrogens (tertiary/aromatic N) is 4. The minimum Gasteiger partial charge on any atom is -0.486 e. The quantitative estimate of drug-likeness (QED) is 0.128. The van der Waals surface area contributed by atoms with E-state index in [-0.39, 0.29) is 31.8 Å². The van der Waals surface area contributed by atoms with E-state index >= 15 is 4.39 Å². The van der Waals surface area contributed by atoms with Crippen molar-refractivity contribution in [3.05, 3.63) is 138 Å². The van der Waals surface area contributed by atoms with Crippen molar-refractivity contribution in [2.24, 2.45) is 0 Å². The number of halogens is 1. The molecule has 0 aliphatic heterocycles. The first-order valence-corrected chi connectivity index (χ1v) is 20.8. The van der Waals surface area contributed by atoms with Crippen molar-refractivity contribution in [1.29, 1.82) is 0 Å². The van der Waals surface area contributed by atoms with Gasteiger partial charge in [-0.05, 0) is 78.3 Å². The number of imidazole rings is 1. The molecule has 4 aromatic carbocycles. The molecule has 0 saturated carbocycles. The molecule has 8 aromatic rings. The molecular weight excluding hydrogens is 840 g/mol. The number of hydrogen-bond donors (Lipinski definition) is 0. The summed E-state index contributed by atoms with van der Waals surface area (Å²) in [4.78, 5) is 14.2. The van der Waals surface area contributed by atoms with Crippen LogP contribution >= 0.6 is 0 Å². The summed E-state index contributed by atoms with van der Waals surface area (Å²) >= 11 is 0. The molecule has 0 N–H and O–H groups in total. The minimum absolute atomic E-state index is 0. The summed E-state index contributed by atoms with van der Waals surface area (Å²) in [5, 5.41) is 2.46. The summed E-state index contributed by atoms with van der Waals surface area (Å²) in [6.07, 6.45) is 2.02. The predicted molar refractivity (Wildman–Crippen MR) is 210 cm³/mol. The molecule has 0 unspecified atom stereocenters.